The van der Waals surface area contributed by atoms with E-state index in [0.717, 1.165) is 42.7 Å². The zero-order valence-electron chi connectivity index (χ0n) is 19.2. The Hall–Kier alpha value is -4.08. The van der Waals surface area contributed by atoms with Gasteiger partial charge in [-0.05, 0) is 43.2 Å². The average Bonchev–Trinajstić information content (AvgIpc) is 3.69. The molecule has 4 aromatic rings. The first-order chi connectivity index (χ1) is 17.2. The lowest BCUT2D eigenvalue weighted by molar-refractivity contribution is -0.130. The van der Waals surface area contributed by atoms with Crippen LogP contribution in [0.25, 0.3) is 22.4 Å². The quantitative estimate of drug-likeness (QED) is 0.425. The molecule has 2 aromatic heterocycles. The molecule has 0 radical (unpaired) electrons. The lowest BCUT2D eigenvalue weighted by Gasteiger charge is -2.15. The number of rotatable bonds is 6. The van der Waals surface area contributed by atoms with E-state index >= 15 is 0 Å². The van der Waals surface area contributed by atoms with Crippen molar-refractivity contribution in [2.24, 2.45) is 0 Å². The van der Waals surface area contributed by atoms with Crippen molar-refractivity contribution in [1.82, 2.24) is 30.0 Å². The molecule has 0 spiro atoms. The van der Waals surface area contributed by atoms with E-state index in [1.165, 1.54) is 0 Å². The fourth-order valence-corrected chi connectivity index (χ4v) is 4.85. The summed E-state index contributed by atoms with van der Waals surface area (Å²) in [5.41, 5.74) is 3.19. The van der Waals surface area contributed by atoms with Crippen LogP contribution < -0.4 is 4.90 Å². The number of fused-ring (bicyclic) bond motifs is 1. The minimum Gasteiger partial charge on any atom is -0.343 e. The molecule has 0 unspecified atom stereocenters. The molecule has 0 saturated carbocycles. The number of benzene rings is 2. The van der Waals surface area contributed by atoms with Gasteiger partial charge >= 0.3 is 0 Å². The molecule has 35 heavy (non-hydrogen) atoms. The van der Waals surface area contributed by atoms with E-state index < -0.39 is 0 Å². The Kier molecular flexibility index (Phi) is 5.48. The molecule has 2 aliphatic rings. The van der Waals surface area contributed by atoms with Gasteiger partial charge in [0.15, 0.2) is 0 Å². The highest BCUT2D eigenvalue weighted by atomic mass is 16.5. The van der Waals surface area contributed by atoms with E-state index in [9.17, 15) is 9.59 Å². The van der Waals surface area contributed by atoms with E-state index in [-0.39, 0.29) is 17.7 Å². The van der Waals surface area contributed by atoms with Gasteiger partial charge in [-0.15, -0.1) is 5.10 Å². The van der Waals surface area contributed by atoms with Crippen LogP contribution in [0.4, 0.5) is 5.69 Å². The van der Waals surface area contributed by atoms with Crippen molar-refractivity contribution in [2.45, 2.75) is 38.1 Å². The van der Waals surface area contributed by atoms with Crippen LogP contribution in [0.15, 0.2) is 53.1 Å². The Morgan fingerprint density at radius 3 is 2.74 bits per heavy atom. The van der Waals surface area contributed by atoms with Gasteiger partial charge in [-0.25, -0.2) is 4.68 Å². The number of hydrogen-bond donors (Lipinski definition) is 0. The van der Waals surface area contributed by atoms with E-state index in [0.29, 0.717) is 43.2 Å². The van der Waals surface area contributed by atoms with Crippen molar-refractivity contribution in [3.8, 4) is 11.4 Å². The van der Waals surface area contributed by atoms with Gasteiger partial charge in [0, 0.05) is 43.7 Å². The van der Waals surface area contributed by atoms with Gasteiger partial charge in [0.1, 0.15) is 5.52 Å². The summed E-state index contributed by atoms with van der Waals surface area (Å²) in [6.45, 7) is 2.71. The molecule has 2 fully saturated rings. The van der Waals surface area contributed by atoms with Gasteiger partial charge < -0.3 is 14.3 Å². The van der Waals surface area contributed by atoms with Gasteiger partial charge in [-0.3, -0.25) is 9.59 Å². The van der Waals surface area contributed by atoms with Crippen LogP contribution in [0.5, 0.6) is 0 Å². The summed E-state index contributed by atoms with van der Waals surface area (Å²) in [5, 5.41) is 12.6. The van der Waals surface area contributed by atoms with Crippen LogP contribution in [-0.4, -0.2) is 61.5 Å². The van der Waals surface area contributed by atoms with Crippen molar-refractivity contribution >= 4 is 28.5 Å². The van der Waals surface area contributed by atoms with Gasteiger partial charge in [0.2, 0.25) is 23.5 Å². The number of likely N-dealkylation sites (tertiary alicyclic amines) is 1. The predicted molar refractivity (Wildman–Crippen MR) is 127 cm³/mol. The largest absolute Gasteiger partial charge is 0.343 e. The van der Waals surface area contributed by atoms with Gasteiger partial charge in [0.05, 0.1) is 18.0 Å². The van der Waals surface area contributed by atoms with Crippen LogP contribution in [0.1, 0.15) is 37.5 Å². The molecule has 0 aliphatic carbocycles. The molecule has 0 N–H and O–H groups in total. The number of amides is 2. The lowest BCUT2D eigenvalue weighted by atomic mass is 10.1. The van der Waals surface area contributed by atoms with Crippen molar-refractivity contribution in [3.63, 3.8) is 0 Å². The van der Waals surface area contributed by atoms with Gasteiger partial charge in [0.25, 0.3) is 0 Å². The maximum atomic E-state index is 12.5. The number of carbonyl (C=O) groups is 2. The van der Waals surface area contributed by atoms with Gasteiger partial charge in [-0.2, -0.15) is 4.98 Å². The number of carbonyl (C=O) groups excluding carboxylic acids is 2. The molecule has 2 aromatic carbocycles. The summed E-state index contributed by atoms with van der Waals surface area (Å²) in [5.74, 6) is 0.962. The van der Waals surface area contributed by atoms with E-state index in [4.69, 9.17) is 4.52 Å². The smallest absolute Gasteiger partial charge is 0.232 e. The molecule has 0 bridgehead atoms. The fraction of sp³-hybridized carbons (Fsp3) is 0.360. The van der Waals surface area contributed by atoms with Gasteiger partial charge in [-0.1, -0.05) is 28.6 Å². The summed E-state index contributed by atoms with van der Waals surface area (Å²) in [6, 6.07) is 15.3. The second kappa shape index (κ2) is 8.94. The Morgan fingerprint density at radius 1 is 1.09 bits per heavy atom. The minimum atomic E-state index is -0.151. The number of aromatic nitrogens is 5. The fourth-order valence-electron chi connectivity index (χ4n) is 4.85. The molecule has 2 saturated heterocycles. The molecule has 2 aliphatic heterocycles. The highest BCUT2D eigenvalue weighted by Crippen LogP contribution is 2.32. The third-order valence-corrected chi connectivity index (χ3v) is 6.75. The summed E-state index contributed by atoms with van der Waals surface area (Å²) in [4.78, 5) is 33.2. The summed E-state index contributed by atoms with van der Waals surface area (Å²) in [7, 11) is 0. The SMILES string of the molecule is O=C(CCn1nnc2cc(-c3noc([C@@H]4CC(=O)N(c5ccccc5)C4)n3)ccc21)N1CCCC1. The zero-order chi connectivity index (χ0) is 23.8. The second-order valence-electron chi connectivity index (χ2n) is 9.05. The second-order valence-corrected chi connectivity index (χ2v) is 9.05. The van der Waals surface area contributed by atoms with Crippen molar-refractivity contribution in [3.05, 3.63) is 54.4 Å². The first kappa shape index (κ1) is 21.5. The minimum absolute atomic E-state index is 0.0437. The summed E-state index contributed by atoms with van der Waals surface area (Å²) in [6.07, 6.45) is 2.91. The Balaban J connectivity index is 1.15. The monoisotopic (exact) mass is 471 g/mol. The molecule has 6 rings (SSSR count). The first-order valence-electron chi connectivity index (χ1n) is 12.0. The normalized spacial score (nSPS) is 18.2. The molecule has 178 valence electrons. The number of nitrogens with zero attached hydrogens (tertiary/aromatic N) is 7. The van der Waals surface area contributed by atoms with Crippen LogP contribution in [0.2, 0.25) is 0 Å². The Bertz CT molecular complexity index is 1370. The molecule has 10 heteroatoms. The lowest BCUT2D eigenvalue weighted by Crippen LogP contribution is -2.28. The predicted octanol–water partition coefficient (Wildman–Crippen LogP) is 3.01. The van der Waals surface area contributed by atoms with E-state index in [2.05, 4.69) is 20.5 Å². The maximum Gasteiger partial charge on any atom is 0.232 e. The number of hydrogen-bond acceptors (Lipinski definition) is 7. The Labute approximate surface area is 201 Å². The van der Waals surface area contributed by atoms with Crippen molar-refractivity contribution in [1.29, 1.82) is 0 Å². The highest BCUT2D eigenvalue weighted by Gasteiger charge is 2.35. The van der Waals surface area contributed by atoms with Crippen molar-refractivity contribution < 1.29 is 14.1 Å². The topological polar surface area (TPSA) is 110 Å². The molecular formula is C25H25N7O3. The number of aryl methyl sites for hydroxylation is 1. The number of anilines is 1. The molecular weight excluding hydrogens is 446 g/mol. The van der Waals surface area contributed by atoms with E-state index in [1.807, 2.05) is 53.4 Å². The molecule has 10 nitrogen and oxygen atoms in total. The molecule has 4 heterocycles. The van der Waals surface area contributed by atoms with E-state index in [1.54, 1.807) is 9.58 Å². The molecule has 2 amide bonds. The van der Waals surface area contributed by atoms with Crippen LogP contribution in [0.3, 0.4) is 0 Å². The maximum absolute atomic E-state index is 12.5. The summed E-state index contributed by atoms with van der Waals surface area (Å²) < 4.78 is 7.30. The first-order valence-corrected chi connectivity index (χ1v) is 12.0. The highest BCUT2D eigenvalue weighted by molar-refractivity contribution is 5.96. The van der Waals surface area contributed by atoms with Crippen LogP contribution in [0, 0.1) is 0 Å². The number of para-hydroxylation sites is 1. The summed E-state index contributed by atoms with van der Waals surface area (Å²) >= 11 is 0. The Morgan fingerprint density at radius 2 is 1.91 bits per heavy atom. The third kappa shape index (κ3) is 4.16. The zero-order valence-corrected chi connectivity index (χ0v) is 19.2. The third-order valence-electron chi connectivity index (χ3n) is 6.75. The van der Waals surface area contributed by atoms with Crippen molar-refractivity contribution in [2.75, 3.05) is 24.5 Å². The standard InChI is InChI=1S/C25H25N7O3/c33-22(30-11-4-5-12-30)10-13-32-21-9-8-17(14-20(21)27-29-32)24-26-25(35-28-24)18-15-23(34)31(16-18)19-6-2-1-3-7-19/h1-3,6-9,14,18H,4-5,10-13,15-16H2/t18-/m1/s1. The average molecular weight is 472 g/mol. The van der Waals surface area contributed by atoms with Crippen LogP contribution >= 0.6 is 0 Å². The molecule has 1 atom stereocenters. The van der Waals surface area contributed by atoms with Crippen LogP contribution in [-0.2, 0) is 16.1 Å².